The van der Waals surface area contributed by atoms with Gasteiger partial charge in [0, 0.05) is 30.9 Å². The van der Waals surface area contributed by atoms with Crippen molar-refractivity contribution in [3.05, 3.63) is 71.0 Å². The molecule has 0 bridgehead atoms. The largest absolute Gasteiger partial charge is 0.493 e. The molecule has 1 aromatic carbocycles. The number of hydrogen-bond donors (Lipinski definition) is 1. The Balaban J connectivity index is 1.59. The highest BCUT2D eigenvalue weighted by Crippen LogP contribution is 2.29. The van der Waals surface area contributed by atoms with E-state index in [9.17, 15) is 5.11 Å². The molecular weight excluding hydrogens is 300 g/mol. The summed E-state index contributed by atoms with van der Waals surface area (Å²) in [6.07, 6.45) is 0.805. The average Bonchev–Trinajstić information content (AvgIpc) is 2.92. The zero-order chi connectivity index (χ0) is 16.5. The summed E-state index contributed by atoms with van der Waals surface area (Å²) in [7, 11) is 0. The molecule has 0 aliphatic carbocycles. The predicted octanol–water partition coefficient (Wildman–Crippen LogP) is 2.84. The summed E-state index contributed by atoms with van der Waals surface area (Å²) in [5.41, 5.74) is 4.09. The molecule has 3 aromatic rings. The lowest BCUT2D eigenvalue weighted by atomic mass is 10.1. The van der Waals surface area contributed by atoms with Gasteiger partial charge in [-0.3, -0.25) is 4.90 Å². The van der Waals surface area contributed by atoms with E-state index in [1.54, 1.807) is 4.68 Å². The normalized spacial score (nSPS) is 14.5. The predicted molar refractivity (Wildman–Crippen MR) is 92.0 cm³/mol. The number of aryl methyl sites for hydroxylation is 1. The summed E-state index contributed by atoms with van der Waals surface area (Å²) in [5.74, 6) is 0.888. The van der Waals surface area contributed by atoms with Crippen molar-refractivity contribution in [2.75, 3.05) is 6.54 Å². The third-order valence-corrected chi connectivity index (χ3v) is 4.43. The first kappa shape index (κ1) is 14.9. The average molecular weight is 320 g/mol. The second-order valence-corrected chi connectivity index (χ2v) is 6.24. The van der Waals surface area contributed by atoms with E-state index in [1.165, 1.54) is 5.56 Å². The summed E-state index contributed by atoms with van der Waals surface area (Å²) < 4.78 is 1.56. The number of rotatable bonds is 3. The zero-order valence-corrected chi connectivity index (χ0v) is 13.7. The maximum atomic E-state index is 10.5. The molecule has 4 rings (SSSR count). The molecule has 24 heavy (non-hydrogen) atoms. The van der Waals surface area contributed by atoms with Crippen molar-refractivity contribution in [3.8, 4) is 11.7 Å². The molecule has 5 heteroatoms. The van der Waals surface area contributed by atoms with Crippen molar-refractivity contribution >= 4 is 0 Å². The van der Waals surface area contributed by atoms with Crippen LogP contribution in [0, 0.1) is 6.92 Å². The molecule has 2 aromatic heterocycles. The number of fused-ring (bicyclic) bond motifs is 1. The highest BCUT2D eigenvalue weighted by atomic mass is 16.3. The van der Waals surface area contributed by atoms with E-state index < -0.39 is 0 Å². The molecule has 5 nitrogen and oxygen atoms in total. The van der Waals surface area contributed by atoms with Crippen molar-refractivity contribution in [3.63, 3.8) is 0 Å². The van der Waals surface area contributed by atoms with Gasteiger partial charge in [-0.25, -0.2) is 4.98 Å². The lowest BCUT2D eigenvalue weighted by Gasteiger charge is -2.25. The molecule has 0 atom stereocenters. The molecule has 0 amide bonds. The van der Waals surface area contributed by atoms with Crippen molar-refractivity contribution in [1.29, 1.82) is 0 Å². The van der Waals surface area contributed by atoms with Crippen LogP contribution in [0.5, 0.6) is 5.88 Å². The van der Waals surface area contributed by atoms with Gasteiger partial charge in [-0.2, -0.15) is 9.78 Å². The smallest absolute Gasteiger partial charge is 0.219 e. The number of pyridine rings is 1. The van der Waals surface area contributed by atoms with Crippen molar-refractivity contribution < 1.29 is 5.11 Å². The number of aromatic hydroxyl groups is 1. The minimum absolute atomic E-state index is 0.225. The molecule has 0 saturated heterocycles. The Labute approximate surface area is 141 Å². The topological polar surface area (TPSA) is 54.2 Å². The Morgan fingerprint density at radius 2 is 1.92 bits per heavy atom. The summed E-state index contributed by atoms with van der Waals surface area (Å²) >= 11 is 0. The molecule has 3 heterocycles. The molecule has 1 aliphatic rings. The maximum absolute atomic E-state index is 10.5. The van der Waals surface area contributed by atoms with Gasteiger partial charge in [0.15, 0.2) is 5.82 Å². The first-order valence-corrected chi connectivity index (χ1v) is 8.21. The van der Waals surface area contributed by atoms with Crippen molar-refractivity contribution in [2.24, 2.45) is 0 Å². The van der Waals surface area contributed by atoms with Crippen molar-refractivity contribution in [1.82, 2.24) is 19.7 Å². The Bertz CT molecular complexity index is 857. The first-order valence-electron chi connectivity index (χ1n) is 8.21. The molecular formula is C19H20N4O. The van der Waals surface area contributed by atoms with Crippen LogP contribution in [0.25, 0.3) is 5.82 Å². The van der Waals surface area contributed by atoms with Crippen LogP contribution >= 0.6 is 0 Å². The molecule has 0 saturated carbocycles. The molecule has 1 aliphatic heterocycles. The van der Waals surface area contributed by atoms with Gasteiger partial charge in [0.05, 0.1) is 5.69 Å². The quantitative estimate of drug-likeness (QED) is 0.806. The van der Waals surface area contributed by atoms with E-state index in [2.05, 4.69) is 39.2 Å². The second-order valence-electron chi connectivity index (χ2n) is 6.24. The highest BCUT2D eigenvalue weighted by molar-refractivity contribution is 5.39. The van der Waals surface area contributed by atoms with Gasteiger partial charge in [0.25, 0.3) is 0 Å². The zero-order valence-electron chi connectivity index (χ0n) is 13.7. The summed E-state index contributed by atoms with van der Waals surface area (Å²) in [6.45, 7) is 4.50. The van der Waals surface area contributed by atoms with E-state index in [-0.39, 0.29) is 5.88 Å². The van der Waals surface area contributed by atoms with Crippen LogP contribution in [0.4, 0.5) is 0 Å². The van der Waals surface area contributed by atoms with Gasteiger partial charge in [0.1, 0.15) is 0 Å². The van der Waals surface area contributed by atoms with Gasteiger partial charge in [-0.1, -0.05) is 36.4 Å². The summed E-state index contributed by atoms with van der Waals surface area (Å²) in [6, 6.07) is 16.2. The first-order chi connectivity index (χ1) is 11.7. The van der Waals surface area contributed by atoms with E-state index >= 15 is 0 Å². The fourth-order valence-corrected chi connectivity index (χ4v) is 3.21. The fourth-order valence-electron chi connectivity index (χ4n) is 3.21. The maximum Gasteiger partial charge on any atom is 0.219 e. The minimum Gasteiger partial charge on any atom is -0.493 e. The van der Waals surface area contributed by atoms with Crippen LogP contribution in [0.2, 0.25) is 0 Å². The van der Waals surface area contributed by atoms with Crippen LogP contribution in [0.15, 0.2) is 48.5 Å². The highest BCUT2D eigenvalue weighted by Gasteiger charge is 2.25. The lowest BCUT2D eigenvalue weighted by molar-refractivity contribution is 0.241. The number of benzene rings is 1. The minimum atomic E-state index is 0.225. The Morgan fingerprint density at radius 3 is 2.71 bits per heavy atom. The SMILES string of the molecule is Cc1cccc(-n2nc3c(c2O)CCN(Cc2ccccc2)C3)n1. The second kappa shape index (κ2) is 6.09. The summed E-state index contributed by atoms with van der Waals surface area (Å²) in [5, 5.41) is 15.2. The van der Waals surface area contributed by atoms with Crippen molar-refractivity contribution in [2.45, 2.75) is 26.4 Å². The molecule has 0 fully saturated rings. The number of nitrogens with zero attached hydrogens (tertiary/aromatic N) is 4. The fraction of sp³-hybridized carbons (Fsp3) is 0.263. The van der Waals surface area contributed by atoms with Gasteiger partial charge in [-0.05, 0) is 31.0 Å². The third kappa shape index (κ3) is 2.78. The molecule has 122 valence electrons. The van der Waals surface area contributed by atoms with Crippen LogP contribution < -0.4 is 0 Å². The van der Waals surface area contributed by atoms with Gasteiger partial charge >= 0.3 is 0 Å². The molecule has 0 spiro atoms. The van der Waals surface area contributed by atoms with Crippen LogP contribution in [-0.2, 0) is 19.5 Å². The van der Waals surface area contributed by atoms with E-state index in [4.69, 9.17) is 0 Å². The van der Waals surface area contributed by atoms with Crippen LogP contribution in [0.3, 0.4) is 0 Å². The van der Waals surface area contributed by atoms with Crippen LogP contribution in [0.1, 0.15) is 22.5 Å². The number of hydrogen-bond acceptors (Lipinski definition) is 4. The molecule has 0 unspecified atom stereocenters. The Kier molecular flexibility index (Phi) is 3.78. The Morgan fingerprint density at radius 1 is 1.08 bits per heavy atom. The third-order valence-electron chi connectivity index (χ3n) is 4.43. The van der Waals surface area contributed by atoms with E-state index in [0.717, 1.165) is 43.0 Å². The Hall–Kier alpha value is -2.66. The lowest BCUT2D eigenvalue weighted by Crippen LogP contribution is -2.29. The van der Waals surface area contributed by atoms with Crippen LogP contribution in [-0.4, -0.2) is 31.3 Å². The molecule has 1 N–H and O–H groups in total. The monoisotopic (exact) mass is 320 g/mol. The summed E-state index contributed by atoms with van der Waals surface area (Å²) in [4.78, 5) is 6.82. The van der Waals surface area contributed by atoms with Gasteiger partial charge in [0.2, 0.25) is 5.88 Å². The van der Waals surface area contributed by atoms with Gasteiger partial charge in [-0.15, -0.1) is 0 Å². The standard InChI is InChI=1S/C19H20N4O/c1-14-6-5-9-18(20-14)23-19(24)16-10-11-22(13-17(16)21-23)12-15-7-3-2-4-8-15/h2-9,24H,10-13H2,1H3. The van der Waals surface area contributed by atoms with Gasteiger partial charge < -0.3 is 5.11 Å². The molecule has 0 radical (unpaired) electrons. The van der Waals surface area contributed by atoms with E-state index in [0.29, 0.717) is 5.82 Å². The van der Waals surface area contributed by atoms with E-state index in [1.807, 2.05) is 31.2 Å². The number of aromatic nitrogens is 3.